The SMILES string of the molecule is Cc1cnc(C(=O)NCc2ccc(-c3ccc(Br)cc3)o2)cn1. The molecule has 116 valence electrons. The minimum absolute atomic E-state index is 0.279. The van der Waals surface area contributed by atoms with Crippen LogP contribution in [0.1, 0.15) is 21.9 Å². The van der Waals surface area contributed by atoms with Crippen LogP contribution in [0, 0.1) is 6.92 Å². The van der Waals surface area contributed by atoms with E-state index in [1.807, 2.05) is 43.3 Å². The third-order valence-electron chi connectivity index (χ3n) is 3.23. The molecule has 0 unspecified atom stereocenters. The maximum atomic E-state index is 12.0. The van der Waals surface area contributed by atoms with Gasteiger partial charge in [-0.05, 0) is 31.2 Å². The predicted molar refractivity (Wildman–Crippen MR) is 89.8 cm³/mol. The van der Waals surface area contributed by atoms with Crippen LogP contribution >= 0.6 is 15.9 Å². The van der Waals surface area contributed by atoms with Crippen molar-refractivity contribution in [3.8, 4) is 11.3 Å². The van der Waals surface area contributed by atoms with Crippen LogP contribution < -0.4 is 5.32 Å². The summed E-state index contributed by atoms with van der Waals surface area (Å²) >= 11 is 3.40. The number of aryl methyl sites for hydroxylation is 1. The van der Waals surface area contributed by atoms with Gasteiger partial charge in [-0.2, -0.15) is 0 Å². The van der Waals surface area contributed by atoms with E-state index >= 15 is 0 Å². The largest absolute Gasteiger partial charge is 0.459 e. The van der Waals surface area contributed by atoms with Crippen molar-refractivity contribution < 1.29 is 9.21 Å². The number of rotatable bonds is 4. The van der Waals surface area contributed by atoms with E-state index in [1.165, 1.54) is 6.20 Å². The molecule has 0 saturated carbocycles. The van der Waals surface area contributed by atoms with Crippen molar-refractivity contribution in [1.29, 1.82) is 0 Å². The molecule has 0 aliphatic rings. The second kappa shape index (κ2) is 6.75. The van der Waals surface area contributed by atoms with Gasteiger partial charge in [0.25, 0.3) is 5.91 Å². The summed E-state index contributed by atoms with van der Waals surface area (Å²) in [4.78, 5) is 20.1. The Hall–Kier alpha value is -2.47. The zero-order chi connectivity index (χ0) is 16.2. The van der Waals surface area contributed by atoms with Gasteiger partial charge < -0.3 is 9.73 Å². The number of nitrogens with one attached hydrogen (secondary N) is 1. The minimum Gasteiger partial charge on any atom is -0.459 e. The number of hydrogen-bond donors (Lipinski definition) is 1. The van der Waals surface area contributed by atoms with Crippen LogP contribution in [0.15, 0.2) is 57.7 Å². The molecule has 1 aromatic carbocycles. The quantitative estimate of drug-likeness (QED) is 0.758. The Labute approximate surface area is 141 Å². The van der Waals surface area contributed by atoms with Gasteiger partial charge in [-0.25, -0.2) is 4.98 Å². The summed E-state index contributed by atoms with van der Waals surface area (Å²) in [5.41, 5.74) is 2.04. The van der Waals surface area contributed by atoms with Gasteiger partial charge in [-0.1, -0.05) is 28.1 Å². The molecular formula is C17H14BrN3O2. The molecule has 1 amide bonds. The summed E-state index contributed by atoms with van der Waals surface area (Å²) in [5.74, 6) is 1.16. The van der Waals surface area contributed by atoms with Gasteiger partial charge in [0.15, 0.2) is 0 Å². The third kappa shape index (κ3) is 3.84. The van der Waals surface area contributed by atoms with Crippen LogP contribution in [0.3, 0.4) is 0 Å². The number of carbonyl (C=O) groups is 1. The van der Waals surface area contributed by atoms with Crippen LogP contribution in [0.4, 0.5) is 0 Å². The maximum absolute atomic E-state index is 12.0. The zero-order valence-corrected chi connectivity index (χ0v) is 14.0. The minimum atomic E-state index is -0.279. The summed E-state index contributed by atoms with van der Waals surface area (Å²) < 4.78 is 6.76. The monoisotopic (exact) mass is 371 g/mol. The summed E-state index contributed by atoms with van der Waals surface area (Å²) in [5, 5.41) is 2.77. The van der Waals surface area contributed by atoms with E-state index in [0.29, 0.717) is 12.3 Å². The van der Waals surface area contributed by atoms with Crippen LogP contribution in [0.25, 0.3) is 11.3 Å². The number of hydrogen-bond acceptors (Lipinski definition) is 4. The summed E-state index contributed by atoms with van der Waals surface area (Å²) in [6.45, 7) is 2.12. The number of aromatic nitrogens is 2. The Morgan fingerprint density at radius 1 is 1.13 bits per heavy atom. The molecule has 0 atom stereocenters. The lowest BCUT2D eigenvalue weighted by molar-refractivity contribution is 0.0942. The smallest absolute Gasteiger partial charge is 0.271 e. The first-order chi connectivity index (χ1) is 11.1. The molecule has 0 fully saturated rings. The Bertz CT molecular complexity index is 811. The molecule has 0 radical (unpaired) electrons. The molecule has 0 saturated heterocycles. The molecule has 5 nitrogen and oxygen atoms in total. The first-order valence-electron chi connectivity index (χ1n) is 7.03. The lowest BCUT2D eigenvalue weighted by atomic mass is 10.2. The average molecular weight is 372 g/mol. The molecule has 0 aliphatic heterocycles. The Morgan fingerprint density at radius 2 is 1.91 bits per heavy atom. The maximum Gasteiger partial charge on any atom is 0.271 e. The van der Waals surface area contributed by atoms with Gasteiger partial charge in [0.1, 0.15) is 17.2 Å². The second-order valence-corrected chi connectivity index (χ2v) is 5.91. The van der Waals surface area contributed by atoms with Gasteiger partial charge in [0, 0.05) is 16.2 Å². The topological polar surface area (TPSA) is 68.0 Å². The van der Waals surface area contributed by atoms with Crippen LogP contribution in [-0.4, -0.2) is 15.9 Å². The Balaban J connectivity index is 1.64. The molecule has 0 spiro atoms. The van der Waals surface area contributed by atoms with Crippen LogP contribution in [0.5, 0.6) is 0 Å². The Morgan fingerprint density at radius 3 is 2.61 bits per heavy atom. The molecule has 2 heterocycles. The van der Waals surface area contributed by atoms with E-state index in [2.05, 4.69) is 31.2 Å². The fourth-order valence-electron chi connectivity index (χ4n) is 2.01. The highest BCUT2D eigenvalue weighted by Gasteiger charge is 2.09. The van der Waals surface area contributed by atoms with Crippen molar-refractivity contribution in [2.45, 2.75) is 13.5 Å². The van der Waals surface area contributed by atoms with Crippen molar-refractivity contribution in [1.82, 2.24) is 15.3 Å². The van der Waals surface area contributed by atoms with E-state index in [1.54, 1.807) is 6.20 Å². The predicted octanol–water partition coefficient (Wildman–Crippen LogP) is 3.74. The van der Waals surface area contributed by atoms with Crippen molar-refractivity contribution in [3.05, 3.63) is 70.4 Å². The molecule has 23 heavy (non-hydrogen) atoms. The number of benzene rings is 1. The molecule has 3 rings (SSSR count). The molecular weight excluding hydrogens is 358 g/mol. The van der Waals surface area contributed by atoms with E-state index in [0.717, 1.165) is 21.5 Å². The van der Waals surface area contributed by atoms with Gasteiger partial charge >= 0.3 is 0 Å². The van der Waals surface area contributed by atoms with Gasteiger partial charge in [0.05, 0.1) is 18.4 Å². The molecule has 2 aromatic heterocycles. The second-order valence-electron chi connectivity index (χ2n) is 5.00. The van der Waals surface area contributed by atoms with Crippen molar-refractivity contribution >= 4 is 21.8 Å². The lowest BCUT2D eigenvalue weighted by Crippen LogP contribution is -2.23. The zero-order valence-electron chi connectivity index (χ0n) is 12.4. The highest BCUT2D eigenvalue weighted by Crippen LogP contribution is 2.23. The van der Waals surface area contributed by atoms with Crippen LogP contribution in [-0.2, 0) is 6.54 Å². The number of nitrogens with zero attached hydrogens (tertiary/aromatic N) is 2. The number of furan rings is 1. The van der Waals surface area contributed by atoms with Gasteiger partial charge in [-0.3, -0.25) is 9.78 Å². The van der Waals surface area contributed by atoms with Crippen molar-refractivity contribution in [2.75, 3.05) is 0 Å². The van der Waals surface area contributed by atoms with E-state index in [9.17, 15) is 4.79 Å². The standard InChI is InChI=1S/C17H14BrN3O2/c1-11-8-20-15(10-19-11)17(22)21-9-14-6-7-16(23-14)12-2-4-13(18)5-3-12/h2-8,10H,9H2,1H3,(H,21,22). The molecule has 3 aromatic rings. The van der Waals surface area contributed by atoms with Gasteiger partial charge in [-0.15, -0.1) is 0 Å². The first-order valence-corrected chi connectivity index (χ1v) is 7.82. The van der Waals surface area contributed by atoms with E-state index in [4.69, 9.17) is 4.42 Å². The van der Waals surface area contributed by atoms with Crippen molar-refractivity contribution in [3.63, 3.8) is 0 Å². The fourth-order valence-corrected chi connectivity index (χ4v) is 2.27. The van der Waals surface area contributed by atoms with E-state index in [-0.39, 0.29) is 11.6 Å². The Kier molecular flexibility index (Phi) is 4.52. The molecule has 6 heteroatoms. The summed E-state index contributed by atoms with van der Waals surface area (Å²) in [6, 6.07) is 11.6. The third-order valence-corrected chi connectivity index (χ3v) is 3.76. The van der Waals surface area contributed by atoms with Crippen LogP contribution in [0.2, 0.25) is 0 Å². The highest BCUT2D eigenvalue weighted by atomic mass is 79.9. The first kappa shape index (κ1) is 15.4. The van der Waals surface area contributed by atoms with E-state index < -0.39 is 0 Å². The molecule has 0 bridgehead atoms. The highest BCUT2D eigenvalue weighted by molar-refractivity contribution is 9.10. The fraction of sp³-hybridized carbons (Fsp3) is 0.118. The number of halogens is 1. The summed E-state index contributed by atoms with van der Waals surface area (Å²) in [6.07, 6.45) is 3.02. The average Bonchev–Trinajstić information content (AvgIpc) is 3.03. The molecule has 1 N–H and O–H groups in total. The van der Waals surface area contributed by atoms with Gasteiger partial charge in [0.2, 0.25) is 0 Å². The number of amides is 1. The normalized spacial score (nSPS) is 10.5. The van der Waals surface area contributed by atoms with Crippen molar-refractivity contribution in [2.24, 2.45) is 0 Å². The molecule has 0 aliphatic carbocycles. The summed E-state index contributed by atoms with van der Waals surface area (Å²) in [7, 11) is 0. The number of carbonyl (C=O) groups excluding carboxylic acids is 1. The lowest BCUT2D eigenvalue weighted by Gasteiger charge is -2.03.